The molecular formula is C19H15N3O7S. The van der Waals surface area contributed by atoms with E-state index in [1.54, 1.807) is 6.07 Å². The van der Waals surface area contributed by atoms with Crippen LogP contribution in [0, 0.1) is 0 Å². The fourth-order valence-corrected chi connectivity index (χ4v) is 3.47. The summed E-state index contributed by atoms with van der Waals surface area (Å²) in [6.07, 6.45) is 1.11. The van der Waals surface area contributed by atoms with Crippen molar-refractivity contribution in [3.63, 3.8) is 0 Å². The van der Waals surface area contributed by atoms with Crippen LogP contribution in [0.15, 0.2) is 59.0 Å². The number of hydrogen-bond donors (Lipinski definition) is 3. The maximum Gasteiger partial charge on any atom is 0.339 e. The molecule has 30 heavy (non-hydrogen) atoms. The largest absolute Gasteiger partial charge is 0.378 e. The number of hydrogen-bond acceptors (Lipinski definition) is 7. The summed E-state index contributed by atoms with van der Waals surface area (Å²) in [7, 11) is -4.25. The van der Waals surface area contributed by atoms with Gasteiger partial charge >= 0.3 is 16.1 Å². The summed E-state index contributed by atoms with van der Waals surface area (Å²) >= 11 is 0. The van der Waals surface area contributed by atoms with Crippen molar-refractivity contribution in [2.75, 3.05) is 5.32 Å². The number of imide groups is 2. The highest BCUT2D eigenvalue weighted by atomic mass is 32.2. The second-order valence-electron chi connectivity index (χ2n) is 6.08. The van der Waals surface area contributed by atoms with E-state index in [2.05, 4.69) is 5.32 Å². The molecule has 2 aromatic carbocycles. The van der Waals surface area contributed by atoms with E-state index in [1.165, 1.54) is 49.4 Å². The van der Waals surface area contributed by atoms with Gasteiger partial charge in [-0.2, -0.15) is 8.42 Å². The van der Waals surface area contributed by atoms with E-state index >= 15 is 0 Å². The monoisotopic (exact) mass is 429 g/mol. The third-order valence-electron chi connectivity index (χ3n) is 3.83. The maximum absolute atomic E-state index is 12.6. The predicted octanol–water partition coefficient (Wildman–Crippen LogP) is 1.16. The number of para-hydroxylation sites is 1. The molecule has 10 nitrogen and oxygen atoms in total. The Morgan fingerprint density at radius 1 is 0.967 bits per heavy atom. The Hall–Kier alpha value is -3.99. The van der Waals surface area contributed by atoms with Crippen LogP contribution in [0.3, 0.4) is 0 Å². The molecule has 0 atom stereocenters. The first kappa shape index (κ1) is 20.7. The molecule has 1 aliphatic heterocycles. The first-order chi connectivity index (χ1) is 14.2. The van der Waals surface area contributed by atoms with E-state index in [0.29, 0.717) is 5.69 Å². The number of amides is 5. The molecule has 0 aromatic heterocycles. The Labute approximate surface area is 171 Å². The van der Waals surface area contributed by atoms with Gasteiger partial charge in [0.2, 0.25) is 5.91 Å². The molecule has 154 valence electrons. The van der Waals surface area contributed by atoms with Gasteiger partial charge in [0.1, 0.15) is 16.2 Å². The number of carbonyl (C=O) groups is 4. The fraction of sp³-hybridized carbons (Fsp3) is 0.0526. The molecule has 0 bridgehead atoms. The van der Waals surface area contributed by atoms with E-state index in [9.17, 15) is 27.6 Å². The van der Waals surface area contributed by atoms with Crippen molar-refractivity contribution in [2.24, 2.45) is 0 Å². The first-order valence-corrected chi connectivity index (χ1v) is 9.86. The molecule has 1 fully saturated rings. The van der Waals surface area contributed by atoms with Gasteiger partial charge in [0, 0.05) is 18.2 Å². The molecule has 0 radical (unpaired) electrons. The summed E-state index contributed by atoms with van der Waals surface area (Å²) < 4.78 is 30.4. The summed E-state index contributed by atoms with van der Waals surface area (Å²) in [6.45, 7) is 1.32. The van der Waals surface area contributed by atoms with Crippen LogP contribution in [0.2, 0.25) is 0 Å². The smallest absolute Gasteiger partial charge is 0.339 e. The molecule has 5 amide bonds. The van der Waals surface area contributed by atoms with Crippen LogP contribution in [0.25, 0.3) is 6.08 Å². The van der Waals surface area contributed by atoms with Crippen molar-refractivity contribution >= 4 is 45.6 Å². The minimum Gasteiger partial charge on any atom is -0.378 e. The summed E-state index contributed by atoms with van der Waals surface area (Å²) in [5, 5.41) is 6.37. The molecule has 0 spiro atoms. The molecule has 1 saturated heterocycles. The van der Waals surface area contributed by atoms with Gasteiger partial charge in [0.05, 0.1) is 0 Å². The third-order valence-corrected chi connectivity index (χ3v) is 5.07. The maximum atomic E-state index is 12.6. The lowest BCUT2D eigenvalue weighted by Crippen LogP contribution is -2.51. The SMILES string of the molecule is CC(=O)Nc1ccc(S(=O)(=O)Oc2ccccc2C=C2C(=O)NC(=O)NC2=O)cc1. The van der Waals surface area contributed by atoms with Crippen LogP contribution >= 0.6 is 0 Å². The van der Waals surface area contributed by atoms with Gasteiger partial charge in [-0.05, 0) is 36.4 Å². The highest BCUT2D eigenvalue weighted by molar-refractivity contribution is 7.87. The Kier molecular flexibility index (Phi) is 5.65. The van der Waals surface area contributed by atoms with E-state index in [4.69, 9.17) is 4.18 Å². The van der Waals surface area contributed by atoms with Gasteiger partial charge in [-0.15, -0.1) is 0 Å². The second-order valence-corrected chi connectivity index (χ2v) is 7.62. The lowest BCUT2D eigenvalue weighted by atomic mass is 10.1. The van der Waals surface area contributed by atoms with Gasteiger partial charge in [0.15, 0.2) is 0 Å². The number of anilines is 1. The zero-order valence-corrected chi connectivity index (χ0v) is 16.3. The first-order valence-electron chi connectivity index (χ1n) is 8.45. The van der Waals surface area contributed by atoms with Crippen LogP contribution in [0.5, 0.6) is 5.75 Å². The molecule has 2 aromatic rings. The lowest BCUT2D eigenvalue weighted by molar-refractivity contribution is -0.124. The number of rotatable bonds is 5. The van der Waals surface area contributed by atoms with Crippen LogP contribution in [-0.4, -0.2) is 32.2 Å². The Morgan fingerprint density at radius 3 is 2.17 bits per heavy atom. The summed E-state index contributed by atoms with van der Waals surface area (Å²) in [5.74, 6) is -2.28. The van der Waals surface area contributed by atoms with Crippen LogP contribution < -0.4 is 20.1 Å². The average Bonchev–Trinajstić information content (AvgIpc) is 2.65. The molecule has 11 heteroatoms. The minimum absolute atomic E-state index is 0.130. The molecule has 1 heterocycles. The van der Waals surface area contributed by atoms with Gasteiger partial charge in [0.25, 0.3) is 11.8 Å². The number of urea groups is 1. The highest BCUT2D eigenvalue weighted by Crippen LogP contribution is 2.26. The van der Waals surface area contributed by atoms with Crippen molar-refractivity contribution in [2.45, 2.75) is 11.8 Å². The second kappa shape index (κ2) is 8.17. The van der Waals surface area contributed by atoms with E-state index in [0.717, 1.165) is 6.08 Å². The van der Waals surface area contributed by atoms with E-state index < -0.39 is 28.0 Å². The number of benzene rings is 2. The van der Waals surface area contributed by atoms with Gasteiger partial charge < -0.3 is 9.50 Å². The van der Waals surface area contributed by atoms with E-state index in [-0.39, 0.29) is 27.7 Å². The number of carbonyl (C=O) groups excluding carboxylic acids is 4. The molecule has 0 unspecified atom stereocenters. The fourth-order valence-electron chi connectivity index (χ4n) is 2.51. The van der Waals surface area contributed by atoms with Gasteiger partial charge in [-0.1, -0.05) is 18.2 Å². The summed E-state index contributed by atoms with van der Waals surface area (Å²) in [4.78, 5) is 45.8. The van der Waals surface area contributed by atoms with Gasteiger partial charge in [-0.25, -0.2) is 4.79 Å². The highest BCUT2D eigenvalue weighted by Gasteiger charge is 2.28. The summed E-state index contributed by atoms with van der Waals surface area (Å²) in [6, 6.07) is 10.2. The number of barbiturate groups is 1. The minimum atomic E-state index is -4.25. The zero-order chi connectivity index (χ0) is 21.9. The Morgan fingerprint density at radius 2 is 1.57 bits per heavy atom. The van der Waals surface area contributed by atoms with Crippen molar-refractivity contribution in [1.29, 1.82) is 0 Å². The van der Waals surface area contributed by atoms with Crippen molar-refractivity contribution in [1.82, 2.24) is 10.6 Å². The Balaban J connectivity index is 1.90. The topological polar surface area (TPSA) is 148 Å². The average molecular weight is 429 g/mol. The summed E-state index contributed by atoms with van der Waals surface area (Å²) in [5.41, 5.74) is 0.156. The van der Waals surface area contributed by atoms with Gasteiger partial charge in [-0.3, -0.25) is 25.0 Å². The van der Waals surface area contributed by atoms with Crippen molar-refractivity contribution < 1.29 is 31.8 Å². The molecule has 1 aliphatic rings. The third kappa shape index (κ3) is 4.70. The Bertz CT molecular complexity index is 1160. The molecule has 0 saturated carbocycles. The predicted molar refractivity (Wildman–Crippen MR) is 105 cm³/mol. The van der Waals surface area contributed by atoms with Crippen molar-refractivity contribution in [3.05, 3.63) is 59.7 Å². The van der Waals surface area contributed by atoms with Crippen LogP contribution in [0.4, 0.5) is 10.5 Å². The normalized spacial score (nSPS) is 13.9. The number of nitrogens with one attached hydrogen (secondary N) is 3. The van der Waals surface area contributed by atoms with Crippen LogP contribution in [0.1, 0.15) is 12.5 Å². The molecule has 3 N–H and O–H groups in total. The quantitative estimate of drug-likeness (QED) is 0.367. The van der Waals surface area contributed by atoms with E-state index in [1.807, 2.05) is 10.6 Å². The molecule has 0 aliphatic carbocycles. The zero-order valence-electron chi connectivity index (χ0n) is 15.5. The molecular weight excluding hydrogens is 414 g/mol. The van der Waals surface area contributed by atoms with Crippen LogP contribution in [-0.2, 0) is 24.5 Å². The van der Waals surface area contributed by atoms with Crippen molar-refractivity contribution in [3.8, 4) is 5.75 Å². The standard InChI is InChI=1S/C19H15N3O7S/c1-11(23)20-13-6-8-14(9-7-13)30(27,28)29-16-5-3-2-4-12(16)10-15-17(24)21-19(26)22-18(15)25/h2-10H,1H3,(H,20,23)(H2,21,22,24,25,26). The lowest BCUT2D eigenvalue weighted by Gasteiger charge is -2.15. The molecule has 3 rings (SSSR count).